The molecule has 1 atom stereocenters. The number of allylic oxidation sites excluding steroid dienone is 4. The summed E-state index contributed by atoms with van der Waals surface area (Å²) in [6, 6.07) is 0. The molecule has 0 aliphatic heterocycles. The van der Waals surface area contributed by atoms with Gasteiger partial charge in [0.05, 0.1) is 0 Å². The third-order valence-corrected chi connectivity index (χ3v) is 3.69. The maximum atomic E-state index is 2.45. The Morgan fingerprint density at radius 1 is 1.18 bits per heavy atom. The molecule has 2 rings (SSSR count). The summed E-state index contributed by atoms with van der Waals surface area (Å²) in [4.78, 5) is 0. The van der Waals surface area contributed by atoms with E-state index in [4.69, 9.17) is 0 Å². The van der Waals surface area contributed by atoms with Crippen molar-refractivity contribution in [2.24, 2.45) is 5.92 Å². The molecular weight excluding hydrogens is 240 g/mol. The summed E-state index contributed by atoms with van der Waals surface area (Å²) in [5, 5.41) is 0. The molecule has 0 bridgehead atoms. The van der Waals surface area contributed by atoms with Crippen LogP contribution in [-0.4, -0.2) is 0 Å². The van der Waals surface area contributed by atoms with E-state index in [0.29, 0.717) is 0 Å². The van der Waals surface area contributed by atoms with Gasteiger partial charge in [0.1, 0.15) is 0 Å². The van der Waals surface area contributed by atoms with Crippen LogP contribution in [0.1, 0.15) is 46.5 Å². The van der Waals surface area contributed by atoms with Crippen LogP contribution in [0.25, 0.3) is 0 Å². The van der Waals surface area contributed by atoms with Crippen molar-refractivity contribution in [3.05, 3.63) is 51.0 Å². The minimum atomic E-state index is 0. The molecule has 0 fully saturated rings. The summed E-state index contributed by atoms with van der Waals surface area (Å²) in [5.74, 6) is 0.784. The third kappa shape index (κ3) is 3.76. The zero-order valence-corrected chi connectivity index (χ0v) is 14.0. The van der Waals surface area contributed by atoms with Gasteiger partial charge in [0, 0.05) is 0 Å². The first kappa shape index (κ1) is 22.3. The van der Waals surface area contributed by atoms with Gasteiger partial charge in [0.25, 0.3) is 0 Å². The van der Waals surface area contributed by atoms with Crippen LogP contribution in [-0.2, 0) is 21.7 Å². The maximum absolute atomic E-state index is 2.45. The van der Waals surface area contributed by atoms with Crippen molar-refractivity contribution in [2.45, 2.75) is 46.5 Å². The fourth-order valence-corrected chi connectivity index (χ4v) is 2.85. The zero-order valence-electron chi connectivity index (χ0n) is 12.5. The van der Waals surface area contributed by atoms with Gasteiger partial charge in [-0.2, -0.15) is 23.1 Å². The molecule has 0 N–H and O–H groups in total. The molecule has 0 aromatic heterocycles. The molecule has 1 unspecified atom stereocenters. The molecule has 0 aromatic carbocycles. The summed E-state index contributed by atoms with van der Waals surface area (Å²) >= 11 is 0. The SMILES string of the molecule is CCC1C(C)=C(C)C2=C1CCC[CH-]2.[CH3-].[CH3-].[CH3-].[Ti+4]. The first-order chi connectivity index (χ1) is 6.25. The fourth-order valence-electron chi connectivity index (χ4n) is 2.85. The first-order valence-electron chi connectivity index (χ1n) is 5.49. The molecule has 0 saturated heterocycles. The minimum absolute atomic E-state index is 0. The van der Waals surface area contributed by atoms with E-state index in [1.165, 1.54) is 25.7 Å². The number of hydrogen-bond donors (Lipinski definition) is 0. The van der Waals surface area contributed by atoms with E-state index in [-0.39, 0.29) is 44.0 Å². The summed E-state index contributed by atoms with van der Waals surface area (Å²) in [5.41, 5.74) is 6.55. The van der Waals surface area contributed by atoms with Crippen molar-refractivity contribution in [1.29, 1.82) is 0 Å². The predicted octanol–water partition coefficient (Wildman–Crippen LogP) is 5.40. The Morgan fingerprint density at radius 2 is 1.76 bits per heavy atom. The normalized spacial score (nSPS) is 21.2. The van der Waals surface area contributed by atoms with Crippen LogP contribution in [0.5, 0.6) is 0 Å². The molecule has 2 aliphatic rings. The van der Waals surface area contributed by atoms with Gasteiger partial charge in [-0.25, -0.2) is 0 Å². The van der Waals surface area contributed by atoms with Crippen LogP contribution in [0, 0.1) is 34.6 Å². The van der Waals surface area contributed by atoms with Gasteiger partial charge in [-0.15, -0.1) is 5.57 Å². The topological polar surface area (TPSA) is 0 Å². The van der Waals surface area contributed by atoms with Gasteiger partial charge >= 0.3 is 21.7 Å². The van der Waals surface area contributed by atoms with Gasteiger partial charge in [0.15, 0.2) is 0 Å². The van der Waals surface area contributed by atoms with Gasteiger partial charge < -0.3 is 22.3 Å². The smallest absolute Gasteiger partial charge is 0.358 e. The summed E-state index contributed by atoms with van der Waals surface area (Å²) < 4.78 is 0. The van der Waals surface area contributed by atoms with E-state index in [1.807, 2.05) is 0 Å². The Kier molecular flexibility index (Phi) is 11.9. The molecule has 17 heavy (non-hydrogen) atoms. The van der Waals surface area contributed by atoms with Crippen LogP contribution in [0.4, 0.5) is 0 Å². The molecule has 0 nitrogen and oxygen atoms in total. The first-order valence-corrected chi connectivity index (χ1v) is 5.49. The number of hydrogen-bond acceptors (Lipinski definition) is 0. The molecule has 0 heterocycles. The summed E-state index contributed by atoms with van der Waals surface area (Å²) in [6.07, 6.45) is 7.75. The quantitative estimate of drug-likeness (QED) is 0.441. The Morgan fingerprint density at radius 3 is 2.29 bits per heavy atom. The van der Waals surface area contributed by atoms with Crippen LogP contribution >= 0.6 is 0 Å². The van der Waals surface area contributed by atoms with E-state index in [0.717, 1.165) is 5.92 Å². The van der Waals surface area contributed by atoms with E-state index < -0.39 is 0 Å². The summed E-state index contributed by atoms with van der Waals surface area (Å²) in [6.45, 7) is 6.92. The van der Waals surface area contributed by atoms with E-state index in [1.54, 1.807) is 22.3 Å². The minimum Gasteiger partial charge on any atom is -0.358 e. The van der Waals surface area contributed by atoms with Gasteiger partial charge in [0.2, 0.25) is 0 Å². The van der Waals surface area contributed by atoms with Crippen LogP contribution in [0.3, 0.4) is 0 Å². The molecule has 0 radical (unpaired) electrons. The third-order valence-electron chi connectivity index (χ3n) is 3.69. The average molecular weight is 268 g/mol. The Bertz CT molecular complexity index is 284. The molecule has 0 amide bonds. The van der Waals surface area contributed by atoms with Crippen molar-refractivity contribution in [1.82, 2.24) is 0 Å². The molecule has 0 saturated carbocycles. The van der Waals surface area contributed by atoms with Gasteiger partial charge in [-0.05, 0) is 0 Å². The fraction of sp³-hybridized carbons (Fsp3) is 0.500. The van der Waals surface area contributed by atoms with E-state index >= 15 is 0 Å². The van der Waals surface area contributed by atoms with Crippen molar-refractivity contribution in [2.75, 3.05) is 0 Å². The largest absolute Gasteiger partial charge is 4.00 e. The molecule has 0 aromatic rings. The van der Waals surface area contributed by atoms with Gasteiger partial charge in [-0.1, -0.05) is 52.4 Å². The monoisotopic (exact) mass is 268 g/mol. The molecule has 2 aliphatic carbocycles. The Hall–Kier alpha value is 0.0643. The van der Waals surface area contributed by atoms with Crippen molar-refractivity contribution >= 4 is 0 Å². The Balaban J connectivity index is -0.000000490. The molecule has 0 spiro atoms. The molecule has 96 valence electrons. The van der Waals surface area contributed by atoms with Crippen molar-refractivity contribution < 1.29 is 21.7 Å². The Labute approximate surface area is 125 Å². The molecular formula is C16H28Ti. The second-order valence-electron chi connectivity index (χ2n) is 4.30. The van der Waals surface area contributed by atoms with Gasteiger partial charge in [-0.3, -0.25) is 0 Å². The number of rotatable bonds is 1. The standard InChI is InChI=1S/C13H19.3CH3.Ti/c1-4-11-9(2)10(3)12-7-5-6-8-13(11)12;;;;/h7,11H,4-6,8H2,1-3H3;3*1H3;/q4*-1;+4. The van der Waals surface area contributed by atoms with Crippen LogP contribution in [0.2, 0.25) is 0 Å². The van der Waals surface area contributed by atoms with E-state index in [2.05, 4.69) is 27.2 Å². The van der Waals surface area contributed by atoms with E-state index in [9.17, 15) is 0 Å². The van der Waals surface area contributed by atoms with Crippen LogP contribution in [0.15, 0.2) is 22.3 Å². The zero-order chi connectivity index (χ0) is 9.42. The summed E-state index contributed by atoms with van der Waals surface area (Å²) in [7, 11) is 0. The van der Waals surface area contributed by atoms with Crippen molar-refractivity contribution in [3.63, 3.8) is 0 Å². The predicted molar refractivity (Wildman–Crippen MR) is 76.6 cm³/mol. The maximum Gasteiger partial charge on any atom is 4.00 e. The average Bonchev–Trinajstić information content (AvgIpc) is 2.41. The molecule has 1 heteroatoms. The second kappa shape index (κ2) is 9.06. The van der Waals surface area contributed by atoms with Crippen LogP contribution < -0.4 is 0 Å². The second-order valence-corrected chi connectivity index (χ2v) is 4.30. The van der Waals surface area contributed by atoms with Crippen molar-refractivity contribution in [3.8, 4) is 0 Å².